The number of hydrogen-bond acceptors (Lipinski definition) is 2. The van der Waals surface area contributed by atoms with Crippen molar-refractivity contribution in [1.29, 1.82) is 0 Å². The summed E-state index contributed by atoms with van der Waals surface area (Å²) >= 11 is 0. The largest absolute Gasteiger partial charge is 0.387 e. The van der Waals surface area contributed by atoms with E-state index in [2.05, 4.69) is 5.32 Å². The third-order valence-electron chi connectivity index (χ3n) is 5.33. The number of fused-ring (bicyclic) bond motifs is 1. The van der Waals surface area contributed by atoms with Gasteiger partial charge in [-0.15, -0.1) is 0 Å². The summed E-state index contributed by atoms with van der Waals surface area (Å²) in [6.45, 7) is 0.153. The van der Waals surface area contributed by atoms with Crippen LogP contribution < -0.4 is 5.32 Å². The first kappa shape index (κ1) is 16.8. The number of aryl methyl sites for hydroxylation is 1. The smallest absolute Gasteiger partial charge is 0.230 e. The number of amides is 1. The summed E-state index contributed by atoms with van der Waals surface area (Å²) in [5.41, 5.74) is 2.13. The van der Waals surface area contributed by atoms with Crippen molar-refractivity contribution in [3.8, 4) is 0 Å². The van der Waals surface area contributed by atoms with Crippen molar-refractivity contribution < 1.29 is 14.3 Å². The molecule has 0 saturated heterocycles. The third-order valence-corrected chi connectivity index (χ3v) is 5.33. The van der Waals surface area contributed by atoms with Crippen LogP contribution in [0.4, 0.5) is 4.39 Å². The second-order valence-corrected chi connectivity index (χ2v) is 7.06. The van der Waals surface area contributed by atoms with Crippen LogP contribution in [0.25, 0.3) is 10.9 Å². The summed E-state index contributed by atoms with van der Waals surface area (Å²) in [5.74, 6) is -0.416. The monoisotopic (exact) mass is 352 g/mol. The standard InChI is InChI=1S/C21H21FN2O2/c1-24-11-8-14-12-15(2-7-18(14)24)19(25)13-23-20(26)21(9-10-21)16-3-5-17(22)6-4-16/h2-8,11-12,19,25H,9-10,13H2,1H3,(H,23,26)/t19-/m0/s1. The quantitative estimate of drug-likeness (QED) is 0.741. The minimum absolute atomic E-state index is 0.107. The molecule has 1 saturated carbocycles. The van der Waals surface area contributed by atoms with Crippen molar-refractivity contribution in [2.75, 3.05) is 6.54 Å². The second kappa shape index (κ2) is 6.25. The number of carbonyl (C=O) groups is 1. The summed E-state index contributed by atoms with van der Waals surface area (Å²) in [4.78, 5) is 12.6. The van der Waals surface area contributed by atoms with E-state index in [-0.39, 0.29) is 18.3 Å². The SMILES string of the molecule is Cn1ccc2cc([C@@H](O)CNC(=O)C3(c4ccc(F)cc4)CC3)ccc21. The Bertz CT molecular complexity index is 958. The minimum Gasteiger partial charge on any atom is -0.387 e. The Morgan fingerprint density at radius 3 is 2.65 bits per heavy atom. The number of hydrogen-bond donors (Lipinski definition) is 2. The first-order valence-corrected chi connectivity index (χ1v) is 8.77. The number of nitrogens with zero attached hydrogens (tertiary/aromatic N) is 1. The molecule has 0 aliphatic heterocycles. The van der Waals surface area contributed by atoms with Crippen molar-refractivity contribution in [2.24, 2.45) is 7.05 Å². The van der Waals surface area contributed by atoms with Crippen molar-refractivity contribution in [3.63, 3.8) is 0 Å². The lowest BCUT2D eigenvalue weighted by molar-refractivity contribution is -0.124. The van der Waals surface area contributed by atoms with Gasteiger partial charge in [-0.2, -0.15) is 0 Å². The number of rotatable bonds is 5. The van der Waals surface area contributed by atoms with Crippen LogP contribution >= 0.6 is 0 Å². The second-order valence-electron chi connectivity index (χ2n) is 7.06. The van der Waals surface area contributed by atoms with Gasteiger partial charge in [-0.3, -0.25) is 4.79 Å². The van der Waals surface area contributed by atoms with Gasteiger partial charge in [0.2, 0.25) is 5.91 Å². The van der Waals surface area contributed by atoms with Gasteiger partial charge in [-0.05, 0) is 59.7 Å². The predicted octanol–water partition coefficient (Wildman–Crippen LogP) is 3.20. The molecule has 26 heavy (non-hydrogen) atoms. The molecule has 0 bridgehead atoms. The van der Waals surface area contributed by atoms with Gasteiger partial charge in [0.25, 0.3) is 0 Å². The molecule has 2 aromatic carbocycles. The Hall–Kier alpha value is -2.66. The van der Waals surface area contributed by atoms with E-state index in [9.17, 15) is 14.3 Å². The molecule has 1 fully saturated rings. The highest BCUT2D eigenvalue weighted by Gasteiger charge is 2.51. The van der Waals surface area contributed by atoms with Gasteiger partial charge in [0.1, 0.15) is 5.82 Å². The molecule has 0 radical (unpaired) electrons. The normalized spacial score (nSPS) is 16.4. The lowest BCUT2D eigenvalue weighted by Crippen LogP contribution is -2.37. The summed E-state index contributed by atoms with van der Waals surface area (Å²) in [7, 11) is 1.98. The fourth-order valence-electron chi connectivity index (χ4n) is 3.52. The molecule has 1 aliphatic carbocycles. The van der Waals surface area contributed by atoms with E-state index in [1.54, 1.807) is 12.1 Å². The number of carbonyl (C=O) groups excluding carboxylic acids is 1. The predicted molar refractivity (Wildman–Crippen MR) is 98.2 cm³/mol. The first-order chi connectivity index (χ1) is 12.5. The Morgan fingerprint density at radius 1 is 1.23 bits per heavy atom. The summed E-state index contributed by atoms with van der Waals surface area (Å²) in [5, 5.41) is 14.4. The van der Waals surface area contributed by atoms with Crippen molar-refractivity contribution in [2.45, 2.75) is 24.4 Å². The number of aromatic nitrogens is 1. The number of aliphatic hydroxyl groups is 1. The molecule has 1 aromatic heterocycles. The molecule has 5 heteroatoms. The summed E-state index contributed by atoms with van der Waals surface area (Å²) < 4.78 is 15.1. The molecule has 1 heterocycles. The average molecular weight is 352 g/mol. The molecule has 2 N–H and O–H groups in total. The molecule has 134 valence electrons. The summed E-state index contributed by atoms with van der Waals surface area (Å²) in [6, 6.07) is 13.9. The topological polar surface area (TPSA) is 54.3 Å². The highest BCUT2D eigenvalue weighted by molar-refractivity contribution is 5.91. The van der Waals surface area contributed by atoms with Gasteiger partial charge in [0.05, 0.1) is 11.5 Å². The van der Waals surface area contributed by atoms with Crippen LogP contribution in [0, 0.1) is 5.82 Å². The van der Waals surface area contributed by atoms with E-state index in [0.29, 0.717) is 0 Å². The van der Waals surface area contributed by atoms with Gasteiger partial charge in [-0.1, -0.05) is 18.2 Å². The average Bonchev–Trinajstić information content (AvgIpc) is 3.38. The number of aliphatic hydroxyl groups excluding tert-OH is 1. The van der Waals surface area contributed by atoms with E-state index < -0.39 is 11.5 Å². The van der Waals surface area contributed by atoms with Gasteiger partial charge in [0.15, 0.2) is 0 Å². The fourth-order valence-corrected chi connectivity index (χ4v) is 3.52. The molecular weight excluding hydrogens is 331 g/mol. The van der Waals surface area contributed by atoms with Crippen LogP contribution in [-0.2, 0) is 17.3 Å². The zero-order valence-corrected chi connectivity index (χ0v) is 14.6. The maximum absolute atomic E-state index is 13.1. The highest BCUT2D eigenvalue weighted by Crippen LogP contribution is 2.48. The molecule has 1 aliphatic rings. The molecule has 0 spiro atoms. The van der Waals surface area contributed by atoms with E-state index in [4.69, 9.17) is 0 Å². The molecule has 1 atom stereocenters. The van der Waals surface area contributed by atoms with Gasteiger partial charge in [0, 0.05) is 25.3 Å². The van der Waals surface area contributed by atoms with Crippen LogP contribution in [-0.4, -0.2) is 22.1 Å². The molecule has 4 rings (SSSR count). The zero-order valence-electron chi connectivity index (χ0n) is 14.6. The lowest BCUT2D eigenvalue weighted by atomic mass is 9.95. The zero-order chi connectivity index (χ0) is 18.3. The molecular formula is C21H21FN2O2. The van der Waals surface area contributed by atoms with Gasteiger partial charge < -0.3 is 15.0 Å². The number of halogens is 1. The van der Waals surface area contributed by atoms with Crippen LogP contribution in [0.1, 0.15) is 30.1 Å². The number of benzene rings is 2. The Balaban J connectivity index is 1.44. The molecule has 4 nitrogen and oxygen atoms in total. The van der Waals surface area contributed by atoms with E-state index in [1.807, 2.05) is 42.1 Å². The van der Waals surface area contributed by atoms with E-state index in [1.165, 1.54) is 12.1 Å². The lowest BCUT2D eigenvalue weighted by Gasteiger charge is -2.18. The van der Waals surface area contributed by atoms with Crippen molar-refractivity contribution >= 4 is 16.8 Å². The van der Waals surface area contributed by atoms with E-state index >= 15 is 0 Å². The maximum Gasteiger partial charge on any atom is 0.230 e. The van der Waals surface area contributed by atoms with Crippen LogP contribution in [0.15, 0.2) is 54.7 Å². The Labute approximate surface area is 151 Å². The first-order valence-electron chi connectivity index (χ1n) is 8.77. The minimum atomic E-state index is -0.771. The van der Waals surface area contributed by atoms with E-state index in [0.717, 1.165) is 34.9 Å². The molecule has 3 aromatic rings. The van der Waals surface area contributed by atoms with Gasteiger partial charge in [-0.25, -0.2) is 4.39 Å². The Morgan fingerprint density at radius 2 is 1.96 bits per heavy atom. The fraction of sp³-hybridized carbons (Fsp3) is 0.286. The van der Waals surface area contributed by atoms with Gasteiger partial charge >= 0.3 is 0 Å². The van der Waals surface area contributed by atoms with Crippen LogP contribution in [0.2, 0.25) is 0 Å². The highest BCUT2D eigenvalue weighted by atomic mass is 19.1. The third kappa shape index (κ3) is 2.88. The molecule has 0 unspecified atom stereocenters. The van der Waals surface area contributed by atoms with Crippen molar-refractivity contribution in [3.05, 3.63) is 71.7 Å². The maximum atomic E-state index is 13.1. The van der Waals surface area contributed by atoms with Crippen LogP contribution in [0.3, 0.4) is 0 Å². The Kier molecular flexibility index (Phi) is 4.04. The van der Waals surface area contributed by atoms with Crippen molar-refractivity contribution in [1.82, 2.24) is 9.88 Å². The number of nitrogens with one attached hydrogen (secondary N) is 1. The summed E-state index contributed by atoms with van der Waals surface area (Å²) in [6.07, 6.45) is 2.70. The molecule has 1 amide bonds. The van der Waals surface area contributed by atoms with Crippen LogP contribution in [0.5, 0.6) is 0 Å².